The molecule has 0 atom stereocenters. The topological polar surface area (TPSA) is 40.0 Å². The van der Waals surface area contributed by atoms with Gasteiger partial charge in [0.15, 0.2) is 0 Å². The number of ether oxygens (including phenoxy) is 2. The average Bonchev–Trinajstić information content (AvgIpc) is 2.54. The normalized spacial score (nSPS) is 10.2. The molecule has 0 N–H and O–H groups in total. The largest absolute Gasteiger partial charge is 0.492 e. The zero-order valence-corrected chi connectivity index (χ0v) is 15.5. The van der Waals surface area contributed by atoms with Crippen molar-refractivity contribution in [1.29, 1.82) is 0 Å². The van der Waals surface area contributed by atoms with E-state index in [1.807, 2.05) is 20.8 Å². The van der Waals surface area contributed by atoms with Gasteiger partial charge in [-0.1, -0.05) is 23.7 Å². The molecule has 0 fully saturated rings. The summed E-state index contributed by atoms with van der Waals surface area (Å²) in [4.78, 5) is 5.12. The standard InChI is InChI=1S/C18H24ClF2NO3/c1-4-14-11-15(23-10-7-17(20)21)12-16(19)18(14)24-8-5-6-9-25-22-13(2)3/h7,11-12H,4-6,8-10H2,1-3H3. The fourth-order valence-corrected chi connectivity index (χ4v) is 2.23. The third-order valence-electron chi connectivity index (χ3n) is 3.09. The van der Waals surface area contributed by atoms with Gasteiger partial charge in [-0.05, 0) is 44.7 Å². The minimum atomic E-state index is -1.77. The molecule has 0 aliphatic heterocycles. The summed E-state index contributed by atoms with van der Waals surface area (Å²) in [6, 6.07) is 3.33. The van der Waals surface area contributed by atoms with E-state index in [1.165, 1.54) is 0 Å². The number of benzene rings is 1. The summed E-state index contributed by atoms with van der Waals surface area (Å²) < 4.78 is 35.1. The molecule has 0 heterocycles. The van der Waals surface area contributed by atoms with E-state index in [4.69, 9.17) is 25.9 Å². The van der Waals surface area contributed by atoms with E-state index in [2.05, 4.69) is 5.16 Å². The molecule has 0 saturated heterocycles. The van der Waals surface area contributed by atoms with Crippen LogP contribution in [0.2, 0.25) is 5.02 Å². The van der Waals surface area contributed by atoms with E-state index >= 15 is 0 Å². The van der Waals surface area contributed by atoms with Crippen molar-refractivity contribution < 1.29 is 23.1 Å². The Balaban J connectivity index is 2.53. The SMILES string of the molecule is CCc1cc(OCC=C(F)F)cc(Cl)c1OCCCCON=C(C)C. The second kappa shape index (κ2) is 11.7. The summed E-state index contributed by atoms with van der Waals surface area (Å²) in [6.07, 6.45) is 1.24. The Morgan fingerprint density at radius 1 is 1.16 bits per heavy atom. The van der Waals surface area contributed by atoms with E-state index in [1.54, 1.807) is 12.1 Å². The number of nitrogens with zero attached hydrogens (tertiary/aromatic N) is 1. The molecule has 0 bridgehead atoms. The van der Waals surface area contributed by atoms with Crippen LogP contribution in [0, 0.1) is 0 Å². The minimum Gasteiger partial charge on any atom is -0.492 e. The lowest BCUT2D eigenvalue weighted by molar-refractivity contribution is 0.135. The summed E-state index contributed by atoms with van der Waals surface area (Å²) in [6.45, 7) is 6.53. The third kappa shape index (κ3) is 8.72. The molecule has 0 aromatic heterocycles. The van der Waals surface area contributed by atoms with Gasteiger partial charge in [-0.3, -0.25) is 0 Å². The van der Waals surface area contributed by atoms with Crippen LogP contribution in [-0.4, -0.2) is 25.5 Å². The number of unbranched alkanes of at least 4 members (excludes halogenated alkanes) is 1. The van der Waals surface area contributed by atoms with Crippen molar-refractivity contribution >= 4 is 17.3 Å². The Morgan fingerprint density at radius 3 is 2.52 bits per heavy atom. The molecule has 0 aliphatic carbocycles. The fraction of sp³-hybridized carbons (Fsp3) is 0.500. The Labute approximate surface area is 152 Å². The average molecular weight is 376 g/mol. The van der Waals surface area contributed by atoms with Gasteiger partial charge in [-0.2, -0.15) is 8.78 Å². The quantitative estimate of drug-likeness (QED) is 0.286. The maximum atomic E-state index is 12.0. The number of hydrogen-bond donors (Lipinski definition) is 0. The number of halogens is 3. The molecule has 4 nitrogen and oxygen atoms in total. The van der Waals surface area contributed by atoms with Crippen LogP contribution >= 0.6 is 11.6 Å². The zero-order valence-electron chi connectivity index (χ0n) is 14.8. The molecule has 140 valence electrons. The van der Waals surface area contributed by atoms with E-state index in [-0.39, 0.29) is 6.61 Å². The number of aryl methyl sites for hydroxylation is 1. The second-order valence-corrected chi connectivity index (χ2v) is 5.89. The van der Waals surface area contributed by atoms with Crippen molar-refractivity contribution in [2.24, 2.45) is 5.16 Å². The van der Waals surface area contributed by atoms with Crippen molar-refractivity contribution in [2.45, 2.75) is 40.0 Å². The summed E-state index contributed by atoms with van der Waals surface area (Å²) in [5.41, 5.74) is 1.75. The lowest BCUT2D eigenvalue weighted by Gasteiger charge is -2.14. The van der Waals surface area contributed by atoms with E-state index in [0.717, 1.165) is 24.1 Å². The first-order valence-corrected chi connectivity index (χ1v) is 8.54. The van der Waals surface area contributed by atoms with E-state index < -0.39 is 6.08 Å². The molecule has 1 aromatic carbocycles. The first-order valence-electron chi connectivity index (χ1n) is 8.16. The number of oxime groups is 1. The van der Waals surface area contributed by atoms with Crippen LogP contribution in [0.15, 0.2) is 29.4 Å². The van der Waals surface area contributed by atoms with Gasteiger partial charge >= 0.3 is 0 Å². The van der Waals surface area contributed by atoms with Crippen molar-refractivity contribution in [3.8, 4) is 11.5 Å². The van der Waals surface area contributed by atoms with Crippen LogP contribution in [0.1, 0.15) is 39.2 Å². The summed E-state index contributed by atoms with van der Waals surface area (Å²) in [5, 5.41) is 4.26. The molecule has 0 aliphatic rings. The molecule has 0 radical (unpaired) electrons. The van der Waals surface area contributed by atoms with Gasteiger partial charge in [-0.25, -0.2) is 0 Å². The smallest absolute Gasteiger partial charge is 0.269 e. The summed E-state index contributed by atoms with van der Waals surface area (Å²) in [5.74, 6) is 1.04. The van der Waals surface area contributed by atoms with Gasteiger partial charge in [0.25, 0.3) is 6.08 Å². The van der Waals surface area contributed by atoms with Crippen LogP contribution < -0.4 is 9.47 Å². The van der Waals surface area contributed by atoms with Crippen LogP contribution in [-0.2, 0) is 11.3 Å². The van der Waals surface area contributed by atoms with Gasteiger partial charge < -0.3 is 14.3 Å². The molecular formula is C18H24ClF2NO3. The Bertz CT molecular complexity index is 598. The number of hydrogen-bond acceptors (Lipinski definition) is 4. The molecule has 1 rings (SSSR count). The molecular weight excluding hydrogens is 352 g/mol. The van der Waals surface area contributed by atoms with Gasteiger partial charge in [0, 0.05) is 12.1 Å². The van der Waals surface area contributed by atoms with E-state index in [9.17, 15) is 8.78 Å². The number of rotatable bonds is 11. The highest BCUT2D eigenvalue weighted by molar-refractivity contribution is 6.32. The highest BCUT2D eigenvalue weighted by Gasteiger charge is 2.11. The van der Waals surface area contributed by atoms with Crippen LogP contribution in [0.25, 0.3) is 0 Å². The summed E-state index contributed by atoms with van der Waals surface area (Å²) >= 11 is 6.24. The molecule has 0 amide bonds. The first kappa shape index (κ1) is 21.2. The fourth-order valence-electron chi connectivity index (χ4n) is 1.95. The van der Waals surface area contributed by atoms with Crippen molar-refractivity contribution in [1.82, 2.24) is 0 Å². The van der Waals surface area contributed by atoms with Crippen LogP contribution in [0.5, 0.6) is 11.5 Å². The molecule has 0 unspecified atom stereocenters. The molecule has 0 spiro atoms. The predicted molar refractivity (Wildman–Crippen MR) is 96.1 cm³/mol. The Kier molecular flexibility index (Phi) is 9.92. The highest BCUT2D eigenvalue weighted by atomic mass is 35.5. The molecule has 1 aromatic rings. The minimum absolute atomic E-state index is 0.207. The Hall–Kier alpha value is -1.82. The van der Waals surface area contributed by atoms with Gasteiger partial charge in [-0.15, -0.1) is 0 Å². The Morgan fingerprint density at radius 2 is 1.88 bits per heavy atom. The van der Waals surface area contributed by atoms with Crippen LogP contribution in [0.4, 0.5) is 8.78 Å². The second-order valence-electron chi connectivity index (χ2n) is 5.48. The van der Waals surface area contributed by atoms with Gasteiger partial charge in [0.05, 0.1) is 17.3 Å². The van der Waals surface area contributed by atoms with Crippen molar-refractivity contribution in [3.63, 3.8) is 0 Å². The van der Waals surface area contributed by atoms with Gasteiger partial charge in [0.1, 0.15) is 24.7 Å². The van der Waals surface area contributed by atoms with Crippen LogP contribution in [0.3, 0.4) is 0 Å². The zero-order chi connectivity index (χ0) is 18.7. The third-order valence-corrected chi connectivity index (χ3v) is 3.37. The summed E-state index contributed by atoms with van der Waals surface area (Å²) in [7, 11) is 0. The highest BCUT2D eigenvalue weighted by Crippen LogP contribution is 2.34. The lowest BCUT2D eigenvalue weighted by atomic mass is 10.1. The first-order chi connectivity index (χ1) is 11.9. The monoisotopic (exact) mass is 375 g/mol. The molecule has 25 heavy (non-hydrogen) atoms. The predicted octanol–water partition coefficient (Wildman–Crippen LogP) is 5.63. The van der Waals surface area contributed by atoms with Crippen molar-refractivity contribution in [2.75, 3.05) is 19.8 Å². The maximum absolute atomic E-state index is 12.0. The lowest BCUT2D eigenvalue weighted by Crippen LogP contribution is -2.03. The van der Waals surface area contributed by atoms with Gasteiger partial charge in [0.2, 0.25) is 0 Å². The van der Waals surface area contributed by atoms with E-state index in [0.29, 0.717) is 42.2 Å². The molecule has 0 saturated carbocycles. The van der Waals surface area contributed by atoms with Crippen molar-refractivity contribution in [3.05, 3.63) is 34.9 Å². The molecule has 7 heteroatoms. The maximum Gasteiger partial charge on any atom is 0.269 e.